The van der Waals surface area contributed by atoms with Crippen LogP contribution in [0.3, 0.4) is 0 Å². The standard InChI is InChI=1S/C12H19N3O2/c1-12(2)5-4-7-15(10(16)9(12)13-3)11-14-6-8-17-11/h6,8-9,13H,4-5,7H2,1-3H3. The lowest BCUT2D eigenvalue weighted by Crippen LogP contribution is -2.51. The van der Waals surface area contributed by atoms with Crippen LogP contribution in [0.4, 0.5) is 6.01 Å². The number of amides is 1. The average molecular weight is 237 g/mol. The molecule has 5 nitrogen and oxygen atoms in total. The lowest BCUT2D eigenvalue weighted by atomic mass is 9.80. The normalized spacial score (nSPS) is 24.8. The largest absolute Gasteiger partial charge is 0.432 e. The number of nitrogens with one attached hydrogen (secondary N) is 1. The van der Waals surface area contributed by atoms with Gasteiger partial charge < -0.3 is 9.73 Å². The number of oxazole rings is 1. The maximum absolute atomic E-state index is 12.5. The summed E-state index contributed by atoms with van der Waals surface area (Å²) in [7, 11) is 1.82. The van der Waals surface area contributed by atoms with Crippen molar-refractivity contribution in [3.05, 3.63) is 12.5 Å². The molecule has 1 amide bonds. The SMILES string of the molecule is CNC1C(=O)N(c2ncco2)CCCC1(C)C. The molecule has 1 unspecified atom stereocenters. The van der Waals surface area contributed by atoms with Gasteiger partial charge in [-0.25, -0.2) is 4.98 Å². The molecule has 0 aliphatic carbocycles. The predicted molar refractivity (Wildman–Crippen MR) is 64.7 cm³/mol. The van der Waals surface area contributed by atoms with Gasteiger partial charge in [0.05, 0.1) is 12.2 Å². The zero-order valence-corrected chi connectivity index (χ0v) is 10.6. The molecule has 1 aliphatic heterocycles. The zero-order chi connectivity index (χ0) is 12.5. The molecule has 0 saturated carbocycles. The van der Waals surface area contributed by atoms with Crippen molar-refractivity contribution >= 4 is 11.9 Å². The second kappa shape index (κ2) is 4.49. The molecule has 0 bridgehead atoms. The average Bonchev–Trinajstić information content (AvgIpc) is 2.74. The summed E-state index contributed by atoms with van der Waals surface area (Å²) in [6.45, 7) is 4.90. The third-order valence-electron chi connectivity index (χ3n) is 3.44. The van der Waals surface area contributed by atoms with Crippen molar-refractivity contribution in [2.45, 2.75) is 32.7 Å². The summed E-state index contributed by atoms with van der Waals surface area (Å²) >= 11 is 0. The van der Waals surface area contributed by atoms with E-state index in [0.29, 0.717) is 12.6 Å². The molecule has 1 saturated heterocycles. The van der Waals surface area contributed by atoms with E-state index in [2.05, 4.69) is 24.1 Å². The first-order valence-electron chi connectivity index (χ1n) is 5.94. The van der Waals surface area contributed by atoms with E-state index in [4.69, 9.17) is 4.42 Å². The highest BCUT2D eigenvalue weighted by molar-refractivity contribution is 5.96. The topological polar surface area (TPSA) is 58.4 Å². The van der Waals surface area contributed by atoms with E-state index in [-0.39, 0.29) is 17.4 Å². The van der Waals surface area contributed by atoms with Crippen LogP contribution in [0, 0.1) is 5.41 Å². The third-order valence-corrected chi connectivity index (χ3v) is 3.44. The fraction of sp³-hybridized carbons (Fsp3) is 0.667. The molecule has 94 valence electrons. The minimum Gasteiger partial charge on any atom is -0.432 e. The van der Waals surface area contributed by atoms with Gasteiger partial charge in [-0.1, -0.05) is 13.8 Å². The summed E-state index contributed by atoms with van der Waals surface area (Å²) in [5, 5.41) is 3.12. The van der Waals surface area contributed by atoms with Gasteiger partial charge in [-0.2, -0.15) is 0 Å². The molecule has 0 radical (unpaired) electrons. The molecule has 1 N–H and O–H groups in total. The number of hydrogen-bond acceptors (Lipinski definition) is 4. The molecule has 0 spiro atoms. The molecule has 2 heterocycles. The maximum atomic E-state index is 12.5. The van der Waals surface area contributed by atoms with Crippen molar-refractivity contribution in [1.29, 1.82) is 0 Å². The van der Waals surface area contributed by atoms with E-state index in [1.54, 1.807) is 11.1 Å². The third kappa shape index (κ3) is 2.20. The number of carbonyl (C=O) groups excluding carboxylic acids is 1. The Morgan fingerprint density at radius 1 is 1.59 bits per heavy atom. The number of anilines is 1. The highest BCUT2D eigenvalue weighted by Crippen LogP contribution is 2.32. The molecule has 1 aromatic rings. The Morgan fingerprint density at radius 3 is 2.94 bits per heavy atom. The van der Waals surface area contributed by atoms with Crippen LogP contribution < -0.4 is 10.2 Å². The van der Waals surface area contributed by atoms with Crippen LogP contribution in [0.2, 0.25) is 0 Å². The molecular weight excluding hydrogens is 218 g/mol. The van der Waals surface area contributed by atoms with Gasteiger partial charge in [-0.3, -0.25) is 9.69 Å². The van der Waals surface area contributed by atoms with Gasteiger partial charge in [0.2, 0.25) is 5.91 Å². The monoisotopic (exact) mass is 237 g/mol. The van der Waals surface area contributed by atoms with E-state index in [0.717, 1.165) is 12.8 Å². The van der Waals surface area contributed by atoms with Gasteiger partial charge in [0.15, 0.2) is 0 Å². The van der Waals surface area contributed by atoms with Gasteiger partial charge >= 0.3 is 6.01 Å². The van der Waals surface area contributed by atoms with Crippen LogP contribution >= 0.6 is 0 Å². The molecule has 5 heteroatoms. The number of aromatic nitrogens is 1. The Kier molecular flexibility index (Phi) is 3.19. The fourth-order valence-corrected chi connectivity index (χ4v) is 2.49. The van der Waals surface area contributed by atoms with Crippen molar-refractivity contribution in [3.8, 4) is 0 Å². The minimum atomic E-state index is -0.197. The van der Waals surface area contributed by atoms with Gasteiger partial charge in [-0.15, -0.1) is 0 Å². The summed E-state index contributed by atoms with van der Waals surface area (Å²) in [5.74, 6) is 0.0393. The minimum absolute atomic E-state index is 0.0393. The molecular formula is C12H19N3O2. The van der Waals surface area contributed by atoms with E-state index in [9.17, 15) is 4.79 Å². The Morgan fingerprint density at radius 2 is 2.35 bits per heavy atom. The lowest BCUT2D eigenvalue weighted by Gasteiger charge is -2.31. The Bertz CT molecular complexity index is 386. The quantitative estimate of drug-likeness (QED) is 0.845. The van der Waals surface area contributed by atoms with Crippen LogP contribution in [0.15, 0.2) is 16.9 Å². The first kappa shape index (κ1) is 12.1. The van der Waals surface area contributed by atoms with E-state index in [1.165, 1.54) is 6.26 Å². The van der Waals surface area contributed by atoms with Crippen molar-refractivity contribution in [2.75, 3.05) is 18.5 Å². The number of nitrogens with zero attached hydrogens (tertiary/aromatic N) is 2. The second-order valence-electron chi connectivity index (χ2n) is 5.12. The van der Waals surface area contributed by atoms with Gasteiger partial charge in [0, 0.05) is 6.54 Å². The van der Waals surface area contributed by atoms with Crippen LogP contribution in [0.5, 0.6) is 0 Å². The molecule has 1 aromatic heterocycles. The maximum Gasteiger partial charge on any atom is 0.304 e. The number of carbonyl (C=O) groups is 1. The van der Waals surface area contributed by atoms with E-state index < -0.39 is 0 Å². The lowest BCUT2D eigenvalue weighted by molar-refractivity contribution is -0.122. The molecule has 17 heavy (non-hydrogen) atoms. The molecule has 1 aliphatic rings. The van der Waals surface area contributed by atoms with Crippen molar-refractivity contribution in [3.63, 3.8) is 0 Å². The highest BCUT2D eigenvalue weighted by Gasteiger charge is 2.40. The Labute approximate surface area is 101 Å². The Balaban J connectivity index is 2.29. The van der Waals surface area contributed by atoms with Crippen molar-refractivity contribution in [1.82, 2.24) is 10.3 Å². The summed E-state index contributed by atoms with van der Waals surface area (Å²) in [5.41, 5.74) is -0.0484. The van der Waals surface area contributed by atoms with Crippen molar-refractivity contribution < 1.29 is 9.21 Å². The molecule has 0 aromatic carbocycles. The van der Waals surface area contributed by atoms with Crippen LogP contribution in [0.25, 0.3) is 0 Å². The zero-order valence-electron chi connectivity index (χ0n) is 10.6. The predicted octanol–water partition coefficient (Wildman–Crippen LogP) is 1.42. The fourth-order valence-electron chi connectivity index (χ4n) is 2.49. The molecule has 1 atom stereocenters. The first-order valence-corrected chi connectivity index (χ1v) is 5.94. The number of likely N-dealkylation sites (N-methyl/N-ethyl adjacent to an activating group) is 1. The van der Waals surface area contributed by atoms with Gasteiger partial charge in [0.25, 0.3) is 0 Å². The van der Waals surface area contributed by atoms with Crippen molar-refractivity contribution in [2.24, 2.45) is 5.41 Å². The Hall–Kier alpha value is -1.36. The van der Waals surface area contributed by atoms with E-state index >= 15 is 0 Å². The van der Waals surface area contributed by atoms with Crippen LogP contribution in [-0.4, -0.2) is 30.5 Å². The van der Waals surface area contributed by atoms with Gasteiger partial charge in [0.1, 0.15) is 6.26 Å². The summed E-state index contributed by atoms with van der Waals surface area (Å²) in [6, 6.07) is 0.199. The van der Waals surface area contributed by atoms with Crippen LogP contribution in [-0.2, 0) is 4.79 Å². The first-order chi connectivity index (χ1) is 8.06. The summed E-state index contributed by atoms with van der Waals surface area (Å²) < 4.78 is 5.23. The van der Waals surface area contributed by atoms with Crippen LogP contribution in [0.1, 0.15) is 26.7 Å². The molecule has 1 fully saturated rings. The summed E-state index contributed by atoms with van der Waals surface area (Å²) in [4.78, 5) is 18.1. The number of rotatable bonds is 2. The second-order valence-corrected chi connectivity index (χ2v) is 5.12. The smallest absolute Gasteiger partial charge is 0.304 e. The highest BCUT2D eigenvalue weighted by atomic mass is 16.4. The van der Waals surface area contributed by atoms with Gasteiger partial charge in [-0.05, 0) is 25.3 Å². The number of hydrogen-bond donors (Lipinski definition) is 1. The summed E-state index contributed by atoms with van der Waals surface area (Å²) in [6.07, 6.45) is 5.01. The molecule has 2 rings (SSSR count). The van der Waals surface area contributed by atoms with E-state index in [1.807, 2.05) is 7.05 Å².